The molecule has 1 fully saturated rings. The van der Waals surface area contributed by atoms with Crippen LogP contribution in [0.5, 0.6) is 0 Å². The molecule has 3 aromatic carbocycles. The summed E-state index contributed by atoms with van der Waals surface area (Å²) < 4.78 is 5.04. The van der Waals surface area contributed by atoms with E-state index < -0.39 is 5.60 Å². The van der Waals surface area contributed by atoms with Gasteiger partial charge in [0.25, 0.3) is 5.56 Å². The van der Waals surface area contributed by atoms with Gasteiger partial charge in [0.1, 0.15) is 0 Å². The zero-order valence-electron chi connectivity index (χ0n) is 19.4. The van der Waals surface area contributed by atoms with Crippen molar-refractivity contribution in [3.63, 3.8) is 0 Å². The van der Waals surface area contributed by atoms with E-state index in [4.69, 9.17) is 16.3 Å². The molecule has 178 valence electrons. The molecule has 1 aliphatic carbocycles. The van der Waals surface area contributed by atoms with Crippen molar-refractivity contribution in [2.24, 2.45) is 0 Å². The van der Waals surface area contributed by atoms with Gasteiger partial charge in [0.05, 0.1) is 23.7 Å². The number of hydrogen-bond acceptors (Lipinski definition) is 4. The number of fused-ring (bicyclic) bond motifs is 1. The van der Waals surface area contributed by atoms with Gasteiger partial charge in [-0.25, -0.2) is 0 Å². The fourth-order valence-electron chi connectivity index (χ4n) is 4.65. The largest absolute Gasteiger partial charge is 0.466 e. The molecule has 1 saturated carbocycles. The van der Waals surface area contributed by atoms with E-state index in [1.807, 2.05) is 60.7 Å². The van der Waals surface area contributed by atoms with Crippen LogP contribution in [-0.4, -0.2) is 22.7 Å². The van der Waals surface area contributed by atoms with Crippen molar-refractivity contribution in [1.29, 1.82) is 0 Å². The van der Waals surface area contributed by atoms with Gasteiger partial charge in [-0.15, -0.1) is 0 Å². The van der Waals surface area contributed by atoms with Crippen molar-refractivity contribution < 1.29 is 14.6 Å². The molecule has 0 amide bonds. The molecule has 0 aliphatic heterocycles. The average Bonchev–Trinajstić information content (AvgIpc) is 2.82. The van der Waals surface area contributed by atoms with Gasteiger partial charge in [-0.05, 0) is 72.0 Å². The number of nitrogens with one attached hydrogen (secondary N) is 1. The highest BCUT2D eigenvalue weighted by molar-refractivity contribution is 6.34. The van der Waals surface area contributed by atoms with Crippen molar-refractivity contribution in [1.82, 2.24) is 4.98 Å². The normalized spacial score (nSPS) is 14.5. The first kappa shape index (κ1) is 23.3. The highest BCUT2D eigenvalue weighted by Crippen LogP contribution is 2.42. The lowest BCUT2D eigenvalue weighted by atomic mass is 9.75. The Labute approximate surface area is 208 Å². The molecule has 0 spiro atoms. The van der Waals surface area contributed by atoms with Gasteiger partial charge in [0.15, 0.2) is 0 Å². The lowest BCUT2D eigenvalue weighted by Gasteiger charge is -2.37. The highest BCUT2D eigenvalue weighted by Gasteiger charge is 2.35. The Bertz CT molecular complexity index is 1470. The van der Waals surface area contributed by atoms with E-state index >= 15 is 0 Å². The van der Waals surface area contributed by atoms with Crippen LogP contribution in [0.15, 0.2) is 71.5 Å². The molecule has 2 N–H and O–H groups in total. The van der Waals surface area contributed by atoms with Gasteiger partial charge >= 0.3 is 5.97 Å². The van der Waals surface area contributed by atoms with Crippen LogP contribution in [0.1, 0.15) is 37.3 Å². The number of carbonyl (C=O) groups is 1. The fraction of sp³-hybridized carbons (Fsp3) is 0.241. The molecule has 1 aromatic heterocycles. The summed E-state index contributed by atoms with van der Waals surface area (Å²) in [5.41, 5.74) is 4.45. The third kappa shape index (κ3) is 4.62. The number of halogens is 1. The third-order valence-corrected chi connectivity index (χ3v) is 7.05. The number of hydrogen-bond donors (Lipinski definition) is 2. The predicted molar refractivity (Wildman–Crippen MR) is 139 cm³/mol. The van der Waals surface area contributed by atoms with E-state index in [9.17, 15) is 14.7 Å². The Morgan fingerprint density at radius 3 is 2.46 bits per heavy atom. The van der Waals surface area contributed by atoms with E-state index in [1.54, 1.807) is 13.0 Å². The van der Waals surface area contributed by atoms with Crippen molar-refractivity contribution in [2.75, 3.05) is 6.61 Å². The van der Waals surface area contributed by atoms with Crippen LogP contribution in [0, 0.1) is 0 Å². The molecule has 6 heteroatoms. The summed E-state index contributed by atoms with van der Waals surface area (Å²) in [5.74, 6) is -0.299. The number of aromatic nitrogens is 1. The Balaban J connectivity index is 1.51. The summed E-state index contributed by atoms with van der Waals surface area (Å²) >= 11 is 6.59. The number of H-pyrrole nitrogens is 1. The minimum absolute atomic E-state index is 0.151. The van der Waals surface area contributed by atoms with Crippen LogP contribution in [0.4, 0.5) is 0 Å². The highest BCUT2D eigenvalue weighted by atomic mass is 35.5. The fourth-order valence-corrected chi connectivity index (χ4v) is 4.92. The molecule has 0 saturated heterocycles. The van der Waals surface area contributed by atoms with Gasteiger partial charge in [-0.3, -0.25) is 9.59 Å². The first-order chi connectivity index (χ1) is 16.9. The van der Waals surface area contributed by atoms with Gasteiger partial charge in [-0.2, -0.15) is 0 Å². The summed E-state index contributed by atoms with van der Waals surface area (Å²) in [6, 6.07) is 20.8. The molecule has 1 aliphatic rings. The smallest absolute Gasteiger partial charge is 0.310 e. The number of benzene rings is 3. The quantitative estimate of drug-likeness (QED) is 0.327. The number of ether oxygens (including phenoxy) is 1. The Morgan fingerprint density at radius 2 is 1.77 bits per heavy atom. The molecule has 0 unspecified atom stereocenters. The lowest BCUT2D eigenvalue weighted by Crippen LogP contribution is -2.33. The molecule has 5 rings (SSSR count). The third-order valence-electron chi connectivity index (χ3n) is 6.74. The van der Waals surface area contributed by atoms with Gasteiger partial charge in [0, 0.05) is 16.6 Å². The number of pyridine rings is 1. The number of esters is 1. The number of aliphatic hydroxyl groups is 1. The summed E-state index contributed by atoms with van der Waals surface area (Å²) in [6.07, 6.45) is 2.78. The molecule has 0 atom stereocenters. The Hall–Kier alpha value is -3.41. The van der Waals surface area contributed by atoms with Crippen LogP contribution in [0.2, 0.25) is 5.02 Å². The number of carbonyl (C=O) groups excluding carboxylic acids is 1. The molecule has 4 aromatic rings. The second kappa shape index (κ2) is 9.33. The minimum atomic E-state index is -0.706. The van der Waals surface area contributed by atoms with E-state index in [-0.39, 0.29) is 17.9 Å². The average molecular weight is 488 g/mol. The standard InChI is InChI=1S/C29H26ClNO4/c1-2-35-27(32)14-18-5-3-6-20(13-18)24-16-21-15-23(25(30)17-26(21)31-28(24)33)19-7-9-22(10-8-19)29(34)11-4-12-29/h3,5-10,13,15-17,34H,2,4,11-12,14H2,1H3,(H,31,33). The Kier molecular flexibility index (Phi) is 6.22. The summed E-state index contributed by atoms with van der Waals surface area (Å²) in [4.78, 5) is 27.7. The maximum absolute atomic E-state index is 12.9. The van der Waals surface area contributed by atoms with Crippen LogP contribution in [0.3, 0.4) is 0 Å². The number of aromatic amines is 1. The molecule has 0 bridgehead atoms. The summed E-state index contributed by atoms with van der Waals surface area (Å²) in [7, 11) is 0. The molecular weight excluding hydrogens is 462 g/mol. The van der Waals surface area contributed by atoms with Crippen LogP contribution >= 0.6 is 11.6 Å². The maximum atomic E-state index is 12.9. The molecule has 1 heterocycles. The molecule has 5 nitrogen and oxygen atoms in total. The topological polar surface area (TPSA) is 79.4 Å². The van der Waals surface area contributed by atoms with Crippen LogP contribution in [0.25, 0.3) is 33.2 Å². The van der Waals surface area contributed by atoms with E-state index in [0.717, 1.165) is 52.5 Å². The second-order valence-electron chi connectivity index (χ2n) is 9.08. The zero-order chi connectivity index (χ0) is 24.6. The summed E-state index contributed by atoms with van der Waals surface area (Å²) in [5, 5.41) is 12.0. The molecular formula is C29H26ClNO4. The first-order valence-electron chi connectivity index (χ1n) is 11.8. The van der Waals surface area contributed by atoms with E-state index in [1.165, 1.54) is 0 Å². The van der Waals surface area contributed by atoms with E-state index in [2.05, 4.69) is 4.98 Å². The molecule has 35 heavy (non-hydrogen) atoms. The zero-order valence-corrected chi connectivity index (χ0v) is 20.2. The maximum Gasteiger partial charge on any atom is 0.310 e. The summed E-state index contributed by atoms with van der Waals surface area (Å²) in [6.45, 7) is 2.10. The van der Waals surface area contributed by atoms with Gasteiger partial charge in [-0.1, -0.05) is 60.1 Å². The van der Waals surface area contributed by atoms with Gasteiger partial charge < -0.3 is 14.8 Å². The first-order valence-corrected chi connectivity index (χ1v) is 12.2. The van der Waals surface area contributed by atoms with Crippen LogP contribution < -0.4 is 5.56 Å². The minimum Gasteiger partial charge on any atom is -0.466 e. The predicted octanol–water partition coefficient (Wildman–Crippen LogP) is 5.99. The second-order valence-corrected chi connectivity index (χ2v) is 9.48. The monoisotopic (exact) mass is 487 g/mol. The van der Waals surface area contributed by atoms with Crippen molar-refractivity contribution in [2.45, 2.75) is 38.2 Å². The SMILES string of the molecule is CCOC(=O)Cc1cccc(-c2cc3cc(-c4ccc(C5(O)CCC5)cc4)c(Cl)cc3[nH]c2=O)c1. The number of rotatable bonds is 6. The van der Waals surface area contributed by atoms with Crippen LogP contribution in [-0.2, 0) is 21.6 Å². The Morgan fingerprint density at radius 1 is 1.03 bits per heavy atom. The van der Waals surface area contributed by atoms with Crippen molar-refractivity contribution in [3.8, 4) is 22.3 Å². The van der Waals surface area contributed by atoms with E-state index in [0.29, 0.717) is 22.7 Å². The lowest BCUT2D eigenvalue weighted by molar-refractivity contribution is -0.142. The van der Waals surface area contributed by atoms with Crippen molar-refractivity contribution >= 4 is 28.5 Å². The van der Waals surface area contributed by atoms with Gasteiger partial charge in [0.2, 0.25) is 0 Å². The van der Waals surface area contributed by atoms with Crippen molar-refractivity contribution in [3.05, 3.63) is 93.2 Å². The molecule has 0 radical (unpaired) electrons.